The molecule has 0 N–H and O–H groups in total. The second kappa shape index (κ2) is 4.63. The zero-order valence-corrected chi connectivity index (χ0v) is 10.5. The Labute approximate surface area is 89.3 Å². The molecular formula is C12H26N2. The fourth-order valence-corrected chi connectivity index (χ4v) is 2.27. The molecule has 2 heteroatoms. The molecule has 14 heavy (non-hydrogen) atoms. The molecule has 0 saturated carbocycles. The Bertz CT molecular complexity index is 170. The van der Waals surface area contributed by atoms with Gasteiger partial charge in [0.05, 0.1) is 0 Å². The number of nitrogens with zero attached hydrogens (tertiary/aromatic N) is 2. The van der Waals surface area contributed by atoms with Crippen molar-refractivity contribution in [2.45, 2.75) is 39.7 Å². The zero-order chi connectivity index (χ0) is 10.8. The summed E-state index contributed by atoms with van der Waals surface area (Å²) in [7, 11) is 4.40. The minimum Gasteiger partial charge on any atom is -0.305 e. The monoisotopic (exact) mass is 198 g/mol. The van der Waals surface area contributed by atoms with E-state index in [4.69, 9.17) is 0 Å². The van der Waals surface area contributed by atoms with E-state index in [1.165, 1.54) is 32.5 Å². The minimum atomic E-state index is 0.439. The average molecular weight is 198 g/mol. The molecule has 0 aliphatic carbocycles. The first-order valence-electron chi connectivity index (χ1n) is 5.77. The molecule has 0 amide bonds. The molecule has 0 radical (unpaired) electrons. The maximum atomic E-state index is 2.62. The van der Waals surface area contributed by atoms with E-state index in [1.54, 1.807) is 0 Å². The number of likely N-dealkylation sites (tertiary alicyclic amines) is 1. The number of piperidine rings is 1. The fraction of sp³-hybridized carbons (Fsp3) is 1.00. The summed E-state index contributed by atoms with van der Waals surface area (Å²) in [6.07, 6.45) is 2.73. The first-order chi connectivity index (χ1) is 6.38. The van der Waals surface area contributed by atoms with Crippen LogP contribution in [0.3, 0.4) is 0 Å². The largest absolute Gasteiger partial charge is 0.305 e. The first kappa shape index (κ1) is 12.0. The summed E-state index contributed by atoms with van der Waals surface area (Å²) in [5.41, 5.74) is 0.439. The SMILES string of the molecule is CN(C)C1CCCN(CC(C)(C)C)C1. The second-order valence-electron chi connectivity index (χ2n) is 6.06. The molecule has 1 atom stereocenters. The second-order valence-corrected chi connectivity index (χ2v) is 6.06. The van der Waals surface area contributed by atoms with Gasteiger partial charge in [0.15, 0.2) is 0 Å². The van der Waals surface area contributed by atoms with Gasteiger partial charge in [0.2, 0.25) is 0 Å². The topological polar surface area (TPSA) is 6.48 Å². The van der Waals surface area contributed by atoms with Crippen LogP contribution in [0.25, 0.3) is 0 Å². The van der Waals surface area contributed by atoms with Crippen molar-refractivity contribution in [3.8, 4) is 0 Å². The third-order valence-corrected chi connectivity index (χ3v) is 2.91. The number of likely N-dealkylation sites (N-methyl/N-ethyl adjacent to an activating group) is 1. The highest BCUT2D eigenvalue weighted by molar-refractivity contribution is 4.80. The molecule has 1 rings (SSSR count). The molecule has 0 aromatic rings. The fourth-order valence-electron chi connectivity index (χ4n) is 2.27. The molecule has 1 aliphatic rings. The highest BCUT2D eigenvalue weighted by atomic mass is 15.2. The van der Waals surface area contributed by atoms with Crippen LogP contribution in [0.5, 0.6) is 0 Å². The van der Waals surface area contributed by atoms with Crippen LogP contribution in [-0.2, 0) is 0 Å². The molecule has 1 fully saturated rings. The van der Waals surface area contributed by atoms with Gasteiger partial charge in [0.1, 0.15) is 0 Å². The van der Waals surface area contributed by atoms with Gasteiger partial charge in [-0.1, -0.05) is 20.8 Å². The van der Waals surface area contributed by atoms with E-state index in [0.717, 1.165) is 6.04 Å². The molecule has 1 saturated heterocycles. The molecule has 1 aliphatic heterocycles. The highest BCUT2D eigenvalue weighted by Crippen LogP contribution is 2.20. The van der Waals surface area contributed by atoms with Gasteiger partial charge in [0.25, 0.3) is 0 Å². The van der Waals surface area contributed by atoms with Gasteiger partial charge >= 0.3 is 0 Å². The number of hydrogen-bond acceptors (Lipinski definition) is 2. The Hall–Kier alpha value is -0.0800. The van der Waals surface area contributed by atoms with E-state index in [-0.39, 0.29) is 0 Å². The lowest BCUT2D eigenvalue weighted by Gasteiger charge is -2.39. The van der Waals surface area contributed by atoms with Crippen molar-refractivity contribution in [2.75, 3.05) is 33.7 Å². The number of hydrogen-bond donors (Lipinski definition) is 0. The highest BCUT2D eigenvalue weighted by Gasteiger charge is 2.24. The lowest BCUT2D eigenvalue weighted by atomic mass is 9.94. The van der Waals surface area contributed by atoms with Gasteiger partial charge in [-0.25, -0.2) is 0 Å². The van der Waals surface area contributed by atoms with Crippen LogP contribution < -0.4 is 0 Å². The van der Waals surface area contributed by atoms with Crippen molar-refractivity contribution in [1.29, 1.82) is 0 Å². The predicted octanol–water partition coefficient (Wildman–Crippen LogP) is 2.06. The third kappa shape index (κ3) is 3.97. The quantitative estimate of drug-likeness (QED) is 0.670. The molecule has 84 valence electrons. The summed E-state index contributed by atoms with van der Waals surface area (Å²) < 4.78 is 0. The molecule has 0 bridgehead atoms. The number of rotatable bonds is 2. The van der Waals surface area contributed by atoms with E-state index < -0.39 is 0 Å². The molecule has 1 unspecified atom stereocenters. The molecular weight excluding hydrogens is 172 g/mol. The van der Waals surface area contributed by atoms with Crippen LogP contribution in [0.15, 0.2) is 0 Å². The van der Waals surface area contributed by atoms with Crippen LogP contribution in [0, 0.1) is 5.41 Å². The van der Waals surface area contributed by atoms with Gasteiger partial charge < -0.3 is 9.80 Å². The van der Waals surface area contributed by atoms with Crippen LogP contribution in [0.4, 0.5) is 0 Å². The Morgan fingerprint density at radius 2 is 1.93 bits per heavy atom. The van der Waals surface area contributed by atoms with Gasteiger partial charge in [-0.3, -0.25) is 0 Å². The molecule has 0 spiro atoms. The van der Waals surface area contributed by atoms with Crippen LogP contribution in [-0.4, -0.2) is 49.6 Å². The van der Waals surface area contributed by atoms with Gasteiger partial charge in [-0.15, -0.1) is 0 Å². The standard InChI is InChI=1S/C12H26N2/c1-12(2,3)10-14-8-6-7-11(9-14)13(4)5/h11H,6-10H2,1-5H3. The maximum absolute atomic E-state index is 2.62. The van der Waals surface area contributed by atoms with Crippen LogP contribution in [0.2, 0.25) is 0 Å². The predicted molar refractivity (Wildman–Crippen MR) is 62.6 cm³/mol. The summed E-state index contributed by atoms with van der Waals surface area (Å²) in [5, 5.41) is 0. The normalized spacial score (nSPS) is 25.7. The minimum absolute atomic E-state index is 0.439. The van der Waals surface area contributed by atoms with Crippen molar-refractivity contribution >= 4 is 0 Å². The molecule has 0 aromatic heterocycles. The molecule has 0 aromatic carbocycles. The summed E-state index contributed by atoms with van der Waals surface area (Å²) in [5.74, 6) is 0. The third-order valence-electron chi connectivity index (χ3n) is 2.91. The van der Waals surface area contributed by atoms with E-state index in [2.05, 4.69) is 44.7 Å². The van der Waals surface area contributed by atoms with Crippen molar-refractivity contribution in [3.63, 3.8) is 0 Å². The Kier molecular flexibility index (Phi) is 3.96. The zero-order valence-electron chi connectivity index (χ0n) is 10.5. The summed E-state index contributed by atoms with van der Waals surface area (Å²) in [6.45, 7) is 10.8. The Morgan fingerprint density at radius 1 is 1.29 bits per heavy atom. The van der Waals surface area contributed by atoms with Crippen molar-refractivity contribution in [2.24, 2.45) is 5.41 Å². The lowest BCUT2D eigenvalue weighted by Crippen LogP contribution is -2.47. The van der Waals surface area contributed by atoms with Gasteiger partial charge in [0, 0.05) is 19.1 Å². The summed E-state index contributed by atoms with van der Waals surface area (Å²) in [4.78, 5) is 4.99. The molecule has 1 heterocycles. The van der Waals surface area contributed by atoms with Crippen LogP contribution in [0.1, 0.15) is 33.6 Å². The van der Waals surface area contributed by atoms with Crippen LogP contribution >= 0.6 is 0 Å². The van der Waals surface area contributed by atoms with Crippen molar-refractivity contribution < 1.29 is 0 Å². The van der Waals surface area contributed by atoms with Gasteiger partial charge in [-0.05, 0) is 38.9 Å². The van der Waals surface area contributed by atoms with E-state index >= 15 is 0 Å². The van der Waals surface area contributed by atoms with Crippen molar-refractivity contribution in [3.05, 3.63) is 0 Å². The first-order valence-corrected chi connectivity index (χ1v) is 5.77. The maximum Gasteiger partial charge on any atom is 0.0217 e. The smallest absolute Gasteiger partial charge is 0.0217 e. The summed E-state index contributed by atoms with van der Waals surface area (Å²) >= 11 is 0. The Balaban J connectivity index is 2.40. The average Bonchev–Trinajstić information content (AvgIpc) is 2.01. The lowest BCUT2D eigenvalue weighted by molar-refractivity contribution is 0.102. The molecule has 2 nitrogen and oxygen atoms in total. The van der Waals surface area contributed by atoms with Gasteiger partial charge in [-0.2, -0.15) is 0 Å². The van der Waals surface area contributed by atoms with E-state index in [1.807, 2.05) is 0 Å². The Morgan fingerprint density at radius 3 is 2.43 bits per heavy atom. The van der Waals surface area contributed by atoms with Crippen molar-refractivity contribution in [1.82, 2.24) is 9.80 Å². The van der Waals surface area contributed by atoms with E-state index in [0.29, 0.717) is 5.41 Å². The van der Waals surface area contributed by atoms with E-state index in [9.17, 15) is 0 Å². The summed E-state index contributed by atoms with van der Waals surface area (Å²) in [6, 6.07) is 0.770.